The van der Waals surface area contributed by atoms with Crippen LogP contribution in [0.3, 0.4) is 0 Å². The van der Waals surface area contributed by atoms with E-state index in [-0.39, 0.29) is 5.91 Å². The quantitative estimate of drug-likeness (QED) is 0.899. The predicted octanol–water partition coefficient (Wildman–Crippen LogP) is 2.69. The molecule has 2 N–H and O–H groups in total. The van der Waals surface area contributed by atoms with Gasteiger partial charge in [-0.15, -0.1) is 0 Å². The van der Waals surface area contributed by atoms with Crippen molar-refractivity contribution in [3.8, 4) is 0 Å². The van der Waals surface area contributed by atoms with Crippen LogP contribution in [0.4, 0.5) is 0 Å². The van der Waals surface area contributed by atoms with Crippen molar-refractivity contribution in [2.45, 2.75) is 50.1 Å². The van der Waals surface area contributed by atoms with Gasteiger partial charge in [0.15, 0.2) is 0 Å². The summed E-state index contributed by atoms with van der Waals surface area (Å²) in [7, 11) is 0. The topological polar surface area (TPSA) is 41.1 Å². The van der Waals surface area contributed by atoms with Gasteiger partial charge in [-0.3, -0.25) is 4.79 Å². The summed E-state index contributed by atoms with van der Waals surface area (Å²) in [5.41, 5.74) is 3.39. The molecular weight excluding hydrogens is 268 g/mol. The Morgan fingerprint density at radius 3 is 3.00 bits per heavy atom. The predicted molar refractivity (Wildman–Crippen MR) is 84.0 cm³/mol. The van der Waals surface area contributed by atoms with Crippen LogP contribution in [-0.2, 0) is 13.1 Å². The van der Waals surface area contributed by atoms with Crippen molar-refractivity contribution in [2.75, 3.05) is 6.26 Å². The average Bonchev–Trinajstić information content (AvgIpc) is 2.94. The zero-order valence-electron chi connectivity index (χ0n) is 11.9. The molecule has 1 amide bonds. The van der Waals surface area contributed by atoms with Gasteiger partial charge in [0.05, 0.1) is 0 Å². The lowest BCUT2D eigenvalue weighted by molar-refractivity contribution is 0.0928. The van der Waals surface area contributed by atoms with Crippen LogP contribution in [0.1, 0.15) is 47.2 Å². The van der Waals surface area contributed by atoms with Crippen molar-refractivity contribution in [3.05, 3.63) is 34.9 Å². The fraction of sp³-hybridized carbons (Fsp3) is 0.562. The third-order valence-electron chi connectivity index (χ3n) is 4.39. The number of rotatable bonds is 3. The van der Waals surface area contributed by atoms with Gasteiger partial charge >= 0.3 is 0 Å². The largest absolute Gasteiger partial charge is 0.349 e. The Kier molecular flexibility index (Phi) is 4.32. The summed E-state index contributed by atoms with van der Waals surface area (Å²) in [5.74, 6) is 0.0893. The number of carbonyl (C=O) groups excluding carboxylic acids is 1. The molecule has 0 aromatic heterocycles. The second kappa shape index (κ2) is 6.19. The lowest BCUT2D eigenvalue weighted by Gasteiger charge is -2.28. The number of amides is 1. The molecule has 2 aliphatic rings. The zero-order valence-corrected chi connectivity index (χ0v) is 12.8. The summed E-state index contributed by atoms with van der Waals surface area (Å²) in [4.78, 5) is 12.4. The summed E-state index contributed by atoms with van der Waals surface area (Å²) < 4.78 is 0. The van der Waals surface area contributed by atoms with Gasteiger partial charge in [0.2, 0.25) is 0 Å². The van der Waals surface area contributed by atoms with E-state index in [9.17, 15) is 4.79 Å². The molecule has 0 spiro atoms. The normalized spacial score (nSPS) is 25.2. The van der Waals surface area contributed by atoms with Crippen LogP contribution in [-0.4, -0.2) is 23.5 Å². The smallest absolute Gasteiger partial charge is 0.251 e. The molecule has 1 aromatic rings. The number of benzene rings is 1. The van der Waals surface area contributed by atoms with E-state index in [0.29, 0.717) is 11.3 Å². The average molecular weight is 290 g/mol. The molecule has 4 heteroatoms. The summed E-state index contributed by atoms with van der Waals surface area (Å²) in [6, 6.07) is 6.42. The highest BCUT2D eigenvalue weighted by atomic mass is 32.2. The van der Waals surface area contributed by atoms with Crippen LogP contribution in [0.5, 0.6) is 0 Å². The minimum Gasteiger partial charge on any atom is -0.349 e. The minimum atomic E-state index is 0.0893. The first-order valence-corrected chi connectivity index (χ1v) is 8.71. The molecule has 1 aromatic carbocycles. The van der Waals surface area contributed by atoms with E-state index in [1.54, 1.807) is 0 Å². The van der Waals surface area contributed by atoms with Crippen LogP contribution in [0.2, 0.25) is 0 Å². The highest BCUT2D eigenvalue weighted by Crippen LogP contribution is 2.27. The van der Waals surface area contributed by atoms with Gasteiger partial charge in [0.25, 0.3) is 5.91 Å². The van der Waals surface area contributed by atoms with Gasteiger partial charge in [-0.1, -0.05) is 12.5 Å². The molecule has 108 valence electrons. The third kappa shape index (κ3) is 3.01. The Morgan fingerprint density at radius 2 is 2.15 bits per heavy atom. The first kappa shape index (κ1) is 14.0. The molecule has 0 bridgehead atoms. The molecule has 1 aliphatic carbocycles. The van der Waals surface area contributed by atoms with Gasteiger partial charge in [-0.25, -0.2) is 0 Å². The molecule has 1 fully saturated rings. The number of hydrogen-bond donors (Lipinski definition) is 2. The Morgan fingerprint density at radius 1 is 1.30 bits per heavy atom. The second-order valence-electron chi connectivity index (χ2n) is 5.78. The molecule has 1 heterocycles. The van der Waals surface area contributed by atoms with E-state index in [4.69, 9.17) is 0 Å². The molecule has 2 atom stereocenters. The Bertz CT molecular complexity index is 503. The first-order chi connectivity index (χ1) is 9.76. The van der Waals surface area contributed by atoms with E-state index < -0.39 is 0 Å². The summed E-state index contributed by atoms with van der Waals surface area (Å²) in [5, 5.41) is 7.24. The lowest BCUT2D eigenvalue weighted by Crippen LogP contribution is -2.39. The second-order valence-corrected chi connectivity index (χ2v) is 6.92. The highest BCUT2D eigenvalue weighted by molar-refractivity contribution is 7.99. The summed E-state index contributed by atoms with van der Waals surface area (Å²) in [6.07, 6.45) is 6.92. The summed E-state index contributed by atoms with van der Waals surface area (Å²) >= 11 is 1.93. The van der Waals surface area contributed by atoms with Crippen molar-refractivity contribution in [3.63, 3.8) is 0 Å². The van der Waals surface area contributed by atoms with Crippen LogP contribution >= 0.6 is 11.8 Å². The molecule has 0 saturated heterocycles. The molecule has 2 unspecified atom stereocenters. The molecule has 1 aliphatic heterocycles. The maximum absolute atomic E-state index is 12.4. The van der Waals surface area contributed by atoms with E-state index in [1.165, 1.54) is 24.0 Å². The molecular formula is C16H22N2OS. The highest BCUT2D eigenvalue weighted by Gasteiger charge is 2.23. The molecule has 1 saturated carbocycles. The molecule has 0 radical (unpaired) electrons. The maximum atomic E-state index is 12.4. The monoisotopic (exact) mass is 290 g/mol. The number of hydrogen-bond acceptors (Lipinski definition) is 3. The van der Waals surface area contributed by atoms with E-state index in [1.807, 2.05) is 23.9 Å². The Balaban J connectivity index is 1.64. The van der Waals surface area contributed by atoms with Crippen molar-refractivity contribution >= 4 is 17.7 Å². The number of fused-ring (bicyclic) bond motifs is 1. The van der Waals surface area contributed by atoms with Gasteiger partial charge in [0, 0.05) is 29.9 Å². The first-order valence-electron chi connectivity index (χ1n) is 7.42. The van der Waals surface area contributed by atoms with Crippen molar-refractivity contribution in [2.24, 2.45) is 0 Å². The van der Waals surface area contributed by atoms with E-state index >= 15 is 0 Å². The van der Waals surface area contributed by atoms with Gasteiger partial charge in [-0.2, -0.15) is 11.8 Å². The molecule has 20 heavy (non-hydrogen) atoms. The van der Waals surface area contributed by atoms with Gasteiger partial charge in [-0.05, 0) is 48.8 Å². The Hall–Kier alpha value is -1.00. The summed E-state index contributed by atoms with van der Waals surface area (Å²) in [6.45, 7) is 1.81. The van der Waals surface area contributed by atoms with Crippen LogP contribution in [0.15, 0.2) is 18.2 Å². The van der Waals surface area contributed by atoms with E-state index in [2.05, 4.69) is 23.0 Å². The Labute approximate surface area is 124 Å². The SMILES string of the molecule is CSC1CCCC(NC(=O)c2ccc3c(c2)CNC3)C1. The van der Waals surface area contributed by atoms with Gasteiger partial charge in [0.1, 0.15) is 0 Å². The fourth-order valence-electron chi connectivity index (χ4n) is 3.19. The van der Waals surface area contributed by atoms with E-state index in [0.717, 1.165) is 31.5 Å². The van der Waals surface area contributed by atoms with Crippen LogP contribution < -0.4 is 10.6 Å². The number of nitrogens with one attached hydrogen (secondary N) is 2. The van der Waals surface area contributed by atoms with Crippen molar-refractivity contribution in [1.82, 2.24) is 10.6 Å². The fourth-order valence-corrected chi connectivity index (χ4v) is 4.02. The third-order valence-corrected chi connectivity index (χ3v) is 5.49. The number of thioether (sulfide) groups is 1. The van der Waals surface area contributed by atoms with Crippen molar-refractivity contribution < 1.29 is 4.79 Å². The zero-order chi connectivity index (χ0) is 13.9. The molecule has 3 nitrogen and oxygen atoms in total. The minimum absolute atomic E-state index is 0.0893. The van der Waals surface area contributed by atoms with Crippen LogP contribution in [0, 0.1) is 0 Å². The maximum Gasteiger partial charge on any atom is 0.251 e. The van der Waals surface area contributed by atoms with Crippen molar-refractivity contribution in [1.29, 1.82) is 0 Å². The standard InChI is InChI=1S/C16H22N2OS/c1-20-15-4-2-3-14(8-15)18-16(19)11-5-6-12-9-17-10-13(12)7-11/h5-7,14-15,17H,2-4,8-10H2,1H3,(H,18,19). The number of carbonyl (C=O) groups is 1. The lowest BCUT2D eigenvalue weighted by atomic mass is 9.94. The molecule has 3 rings (SSSR count). The van der Waals surface area contributed by atoms with Crippen LogP contribution in [0.25, 0.3) is 0 Å². The van der Waals surface area contributed by atoms with Gasteiger partial charge < -0.3 is 10.6 Å².